The zero-order chi connectivity index (χ0) is 7.84. The lowest BCUT2D eigenvalue weighted by atomic mass is 10.5. The van der Waals surface area contributed by atoms with Crippen molar-refractivity contribution in [3.05, 3.63) is 18.6 Å². The van der Waals surface area contributed by atoms with Gasteiger partial charge in [0.2, 0.25) is 5.95 Å². The Labute approximate surface area is 62.7 Å². The van der Waals surface area contributed by atoms with Crippen molar-refractivity contribution in [2.45, 2.75) is 0 Å². The number of hydrogen-bond acceptors (Lipinski definition) is 4. The van der Waals surface area contributed by atoms with Crippen LogP contribution in [0.25, 0.3) is 5.52 Å². The lowest BCUT2D eigenvalue weighted by molar-refractivity contribution is 1.13. The maximum absolute atomic E-state index is 5.53. The molecule has 0 fully saturated rings. The van der Waals surface area contributed by atoms with Gasteiger partial charge in [-0.25, -0.2) is 0 Å². The first-order valence-electron chi connectivity index (χ1n) is 3.12. The number of hydrogen-bond donors (Lipinski definition) is 2. The maximum atomic E-state index is 5.53. The summed E-state index contributed by atoms with van der Waals surface area (Å²) in [6.45, 7) is 0. The second kappa shape index (κ2) is 1.85. The monoisotopic (exact) mass is 149 g/mol. The molecule has 2 aromatic rings. The number of rotatable bonds is 0. The van der Waals surface area contributed by atoms with Crippen LogP contribution in [0.4, 0.5) is 11.8 Å². The fourth-order valence-corrected chi connectivity index (χ4v) is 0.985. The fraction of sp³-hybridized carbons (Fsp3) is 0. The Kier molecular flexibility index (Phi) is 1.00. The molecule has 5 nitrogen and oxygen atoms in total. The van der Waals surface area contributed by atoms with Gasteiger partial charge in [-0.2, -0.15) is 4.98 Å². The molecule has 0 spiro atoms. The van der Waals surface area contributed by atoms with E-state index in [1.165, 1.54) is 0 Å². The van der Waals surface area contributed by atoms with E-state index >= 15 is 0 Å². The van der Waals surface area contributed by atoms with Crippen LogP contribution >= 0.6 is 0 Å². The molecule has 2 rings (SSSR count). The van der Waals surface area contributed by atoms with Crippen LogP contribution in [-0.4, -0.2) is 14.4 Å². The molecular formula is C6H7N5. The average molecular weight is 149 g/mol. The molecule has 0 aromatic carbocycles. The van der Waals surface area contributed by atoms with Crippen LogP contribution in [0, 0.1) is 0 Å². The molecule has 0 unspecified atom stereocenters. The average Bonchev–Trinajstić information content (AvgIpc) is 2.30. The Morgan fingerprint density at radius 2 is 2.18 bits per heavy atom. The number of fused-ring (bicyclic) bond motifs is 1. The lowest BCUT2D eigenvalue weighted by Gasteiger charge is -1.91. The van der Waals surface area contributed by atoms with Gasteiger partial charge < -0.3 is 11.5 Å². The smallest absolute Gasteiger partial charge is 0.207 e. The molecule has 0 radical (unpaired) electrons. The van der Waals surface area contributed by atoms with E-state index in [1.807, 2.05) is 0 Å². The topological polar surface area (TPSA) is 82.2 Å². The third kappa shape index (κ3) is 0.706. The van der Waals surface area contributed by atoms with Crippen molar-refractivity contribution < 1.29 is 0 Å². The molecule has 0 aliphatic rings. The maximum Gasteiger partial charge on any atom is 0.207 e. The third-order valence-electron chi connectivity index (χ3n) is 1.50. The molecule has 0 aliphatic carbocycles. The normalized spacial score (nSPS) is 10.5. The number of aromatic nitrogens is 3. The third-order valence-corrected chi connectivity index (χ3v) is 1.50. The van der Waals surface area contributed by atoms with Gasteiger partial charge in [0, 0.05) is 12.4 Å². The van der Waals surface area contributed by atoms with Gasteiger partial charge in [-0.1, -0.05) is 0 Å². The lowest BCUT2D eigenvalue weighted by Crippen LogP contribution is -1.92. The summed E-state index contributed by atoms with van der Waals surface area (Å²) in [4.78, 5) is 7.76. The quantitative estimate of drug-likeness (QED) is 0.547. The van der Waals surface area contributed by atoms with Crippen LogP contribution in [0.1, 0.15) is 0 Å². The Balaban J connectivity index is 2.95. The summed E-state index contributed by atoms with van der Waals surface area (Å²) in [5, 5.41) is 0. The molecule has 0 bridgehead atoms. The van der Waals surface area contributed by atoms with E-state index in [9.17, 15) is 0 Å². The molecule has 0 saturated carbocycles. The minimum atomic E-state index is 0.389. The Morgan fingerprint density at radius 3 is 2.91 bits per heavy atom. The SMILES string of the molecule is Nc1nc(N)n2ccncc12. The van der Waals surface area contributed by atoms with Crippen LogP contribution < -0.4 is 11.5 Å². The summed E-state index contributed by atoms with van der Waals surface area (Å²) >= 11 is 0. The summed E-state index contributed by atoms with van der Waals surface area (Å²) in [7, 11) is 0. The van der Waals surface area contributed by atoms with E-state index in [0.717, 1.165) is 5.52 Å². The van der Waals surface area contributed by atoms with E-state index in [0.29, 0.717) is 11.8 Å². The minimum Gasteiger partial charge on any atom is -0.382 e. The first-order chi connectivity index (χ1) is 5.29. The largest absolute Gasteiger partial charge is 0.382 e. The zero-order valence-electron chi connectivity index (χ0n) is 5.73. The molecule has 2 aromatic heterocycles. The van der Waals surface area contributed by atoms with Gasteiger partial charge >= 0.3 is 0 Å². The number of nitrogens with zero attached hydrogens (tertiary/aromatic N) is 3. The fourth-order valence-electron chi connectivity index (χ4n) is 0.985. The summed E-state index contributed by atoms with van der Waals surface area (Å²) in [5.74, 6) is 0.801. The summed E-state index contributed by atoms with van der Waals surface area (Å²) in [6.07, 6.45) is 4.97. The van der Waals surface area contributed by atoms with Crippen molar-refractivity contribution in [3.63, 3.8) is 0 Å². The highest BCUT2D eigenvalue weighted by atomic mass is 15.1. The van der Waals surface area contributed by atoms with Crippen molar-refractivity contribution in [1.29, 1.82) is 0 Å². The van der Waals surface area contributed by atoms with E-state index in [1.54, 1.807) is 23.0 Å². The van der Waals surface area contributed by atoms with Crippen LogP contribution in [0.3, 0.4) is 0 Å². The highest BCUT2D eigenvalue weighted by Gasteiger charge is 2.02. The molecule has 0 amide bonds. The molecule has 2 heterocycles. The van der Waals surface area contributed by atoms with Crippen molar-refractivity contribution in [2.24, 2.45) is 0 Å². The summed E-state index contributed by atoms with van der Waals surface area (Å²) < 4.78 is 1.68. The van der Waals surface area contributed by atoms with Crippen LogP contribution in [0.2, 0.25) is 0 Å². The Morgan fingerprint density at radius 1 is 1.36 bits per heavy atom. The highest BCUT2D eigenvalue weighted by Crippen LogP contribution is 2.13. The predicted octanol–water partition coefficient (Wildman–Crippen LogP) is -0.106. The van der Waals surface area contributed by atoms with Gasteiger partial charge in [0.15, 0.2) is 5.82 Å². The van der Waals surface area contributed by atoms with Crippen molar-refractivity contribution in [2.75, 3.05) is 11.5 Å². The first kappa shape index (κ1) is 5.96. The van der Waals surface area contributed by atoms with Gasteiger partial charge in [-0.15, -0.1) is 0 Å². The predicted molar refractivity (Wildman–Crippen MR) is 41.8 cm³/mol. The molecule has 11 heavy (non-hydrogen) atoms. The Hall–Kier alpha value is -1.78. The van der Waals surface area contributed by atoms with Crippen molar-refractivity contribution in [3.8, 4) is 0 Å². The first-order valence-corrected chi connectivity index (χ1v) is 3.12. The van der Waals surface area contributed by atoms with E-state index < -0.39 is 0 Å². The number of anilines is 2. The molecule has 56 valence electrons. The van der Waals surface area contributed by atoms with E-state index in [2.05, 4.69) is 9.97 Å². The van der Waals surface area contributed by atoms with Gasteiger partial charge in [0.25, 0.3) is 0 Å². The second-order valence-corrected chi connectivity index (χ2v) is 2.19. The van der Waals surface area contributed by atoms with Crippen LogP contribution in [0.5, 0.6) is 0 Å². The molecule has 4 N–H and O–H groups in total. The van der Waals surface area contributed by atoms with Gasteiger partial charge in [0.05, 0.1) is 6.20 Å². The molecule has 0 saturated heterocycles. The van der Waals surface area contributed by atoms with E-state index in [-0.39, 0.29) is 0 Å². The number of nitrogen functional groups attached to an aromatic ring is 2. The minimum absolute atomic E-state index is 0.389. The summed E-state index contributed by atoms with van der Waals surface area (Å²) in [6, 6.07) is 0. The molecule has 0 aliphatic heterocycles. The molecule has 5 heteroatoms. The van der Waals surface area contributed by atoms with Gasteiger partial charge in [0.1, 0.15) is 5.52 Å². The molecule has 0 atom stereocenters. The van der Waals surface area contributed by atoms with Crippen LogP contribution in [-0.2, 0) is 0 Å². The number of imidazole rings is 1. The molecular weight excluding hydrogens is 142 g/mol. The van der Waals surface area contributed by atoms with Crippen molar-refractivity contribution >= 4 is 17.3 Å². The second-order valence-electron chi connectivity index (χ2n) is 2.19. The highest BCUT2D eigenvalue weighted by molar-refractivity contribution is 5.68. The zero-order valence-corrected chi connectivity index (χ0v) is 5.73. The summed E-state index contributed by atoms with van der Waals surface area (Å²) in [5.41, 5.74) is 11.8. The van der Waals surface area contributed by atoms with Gasteiger partial charge in [-0.05, 0) is 0 Å². The van der Waals surface area contributed by atoms with Crippen LogP contribution in [0.15, 0.2) is 18.6 Å². The standard InChI is InChI=1S/C6H7N5/c7-5-4-3-9-1-2-11(4)6(8)10-5/h1-3H,7H2,(H2,8,10). The number of nitrogens with two attached hydrogens (primary N) is 2. The van der Waals surface area contributed by atoms with E-state index in [4.69, 9.17) is 11.5 Å². The van der Waals surface area contributed by atoms with Crippen molar-refractivity contribution in [1.82, 2.24) is 14.4 Å². The van der Waals surface area contributed by atoms with Gasteiger partial charge in [-0.3, -0.25) is 9.38 Å². The Bertz CT molecular complexity index is 355.